The first-order chi connectivity index (χ1) is 7.72. The van der Waals surface area contributed by atoms with Crippen molar-refractivity contribution in [2.45, 2.75) is 39.2 Å². The Morgan fingerprint density at radius 1 is 1.44 bits per heavy atom. The summed E-state index contributed by atoms with van der Waals surface area (Å²) < 4.78 is 5.68. The quantitative estimate of drug-likeness (QED) is 0.839. The molecule has 1 N–H and O–H groups in total. The van der Waals surface area contributed by atoms with Gasteiger partial charge in [-0.05, 0) is 30.5 Å². The van der Waals surface area contributed by atoms with Crippen molar-refractivity contribution in [2.24, 2.45) is 0 Å². The summed E-state index contributed by atoms with van der Waals surface area (Å²) in [6, 6.07) is 6.96. The second-order valence-electron chi connectivity index (χ2n) is 4.77. The average molecular weight is 219 g/mol. The Bertz CT molecular complexity index is 360. The van der Waals surface area contributed by atoms with E-state index < -0.39 is 0 Å². The third kappa shape index (κ3) is 2.22. The van der Waals surface area contributed by atoms with Gasteiger partial charge in [0.2, 0.25) is 0 Å². The van der Waals surface area contributed by atoms with Crippen LogP contribution in [0.25, 0.3) is 0 Å². The molecule has 0 aromatic heterocycles. The van der Waals surface area contributed by atoms with Gasteiger partial charge in [0.15, 0.2) is 0 Å². The van der Waals surface area contributed by atoms with Crippen molar-refractivity contribution in [1.29, 1.82) is 0 Å². The minimum Gasteiger partial charge on any atom is -0.491 e. The molecule has 0 radical (unpaired) electrons. The Balaban J connectivity index is 2.19. The molecule has 0 saturated carbocycles. The molecule has 0 fully saturated rings. The molecule has 0 spiro atoms. The van der Waals surface area contributed by atoms with Gasteiger partial charge in [-0.25, -0.2) is 0 Å². The third-order valence-corrected chi connectivity index (χ3v) is 3.12. The fourth-order valence-electron chi connectivity index (χ4n) is 2.08. The Morgan fingerprint density at radius 3 is 2.94 bits per heavy atom. The van der Waals surface area contributed by atoms with Crippen molar-refractivity contribution in [1.82, 2.24) is 5.32 Å². The molecule has 1 unspecified atom stereocenters. The summed E-state index contributed by atoms with van der Waals surface area (Å²) in [6.07, 6.45) is 1.16. The predicted octanol–water partition coefficient (Wildman–Crippen LogP) is 3.24. The van der Waals surface area contributed by atoms with Gasteiger partial charge >= 0.3 is 0 Å². The van der Waals surface area contributed by atoms with Crippen LogP contribution in [0.15, 0.2) is 18.2 Å². The van der Waals surface area contributed by atoms with E-state index >= 15 is 0 Å². The van der Waals surface area contributed by atoms with Crippen molar-refractivity contribution in [3.8, 4) is 5.75 Å². The van der Waals surface area contributed by atoms with Crippen molar-refractivity contribution in [3.63, 3.8) is 0 Å². The molecule has 1 aliphatic heterocycles. The van der Waals surface area contributed by atoms with Gasteiger partial charge in [0.25, 0.3) is 0 Å². The molecule has 0 saturated heterocycles. The molecular formula is C14H21NO. The van der Waals surface area contributed by atoms with E-state index in [1.54, 1.807) is 0 Å². The predicted molar refractivity (Wildman–Crippen MR) is 67.1 cm³/mol. The maximum absolute atomic E-state index is 5.68. The first kappa shape index (κ1) is 11.5. The molecular weight excluding hydrogens is 198 g/mol. The molecule has 1 aromatic rings. The lowest BCUT2D eigenvalue weighted by atomic mass is 9.98. The van der Waals surface area contributed by atoms with Gasteiger partial charge in [-0.1, -0.05) is 32.9 Å². The highest BCUT2D eigenvalue weighted by Gasteiger charge is 2.23. The average Bonchev–Trinajstić information content (AvgIpc) is 2.68. The van der Waals surface area contributed by atoms with Gasteiger partial charge in [-0.15, -0.1) is 0 Å². The highest BCUT2D eigenvalue weighted by atomic mass is 16.5. The fourth-order valence-corrected chi connectivity index (χ4v) is 2.08. The van der Waals surface area contributed by atoms with E-state index in [0.29, 0.717) is 12.0 Å². The lowest BCUT2D eigenvalue weighted by molar-refractivity contribution is 0.311. The number of hydrogen-bond donors (Lipinski definition) is 1. The second-order valence-corrected chi connectivity index (χ2v) is 4.77. The van der Waals surface area contributed by atoms with Crippen molar-refractivity contribution < 1.29 is 4.74 Å². The summed E-state index contributed by atoms with van der Waals surface area (Å²) in [5.74, 6) is 1.63. The summed E-state index contributed by atoms with van der Waals surface area (Å²) in [5, 5.41) is 3.53. The zero-order valence-electron chi connectivity index (χ0n) is 10.4. The molecule has 1 aliphatic rings. The second kappa shape index (κ2) is 4.88. The van der Waals surface area contributed by atoms with E-state index in [1.165, 1.54) is 11.1 Å². The van der Waals surface area contributed by atoms with Crippen LogP contribution in [0.4, 0.5) is 0 Å². The molecule has 88 valence electrons. The van der Waals surface area contributed by atoms with Crippen LogP contribution in [0.2, 0.25) is 0 Å². The lowest BCUT2D eigenvalue weighted by Crippen LogP contribution is -2.23. The van der Waals surface area contributed by atoms with Crippen LogP contribution in [0.1, 0.15) is 50.3 Å². The maximum Gasteiger partial charge on any atom is 0.124 e. The van der Waals surface area contributed by atoms with E-state index in [2.05, 4.69) is 44.3 Å². The maximum atomic E-state index is 5.68. The van der Waals surface area contributed by atoms with E-state index in [9.17, 15) is 0 Å². The molecule has 2 rings (SSSR count). The van der Waals surface area contributed by atoms with Crippen molar-refractivity contribution in [2.75, 3.05) is 13.2 Å². The van der Waals surface area contributed by atoms with Gasteiger partial charge in [0, 0.05) is 5.56 Å². The smallest absolute Gasteiger partial charge is 0.124 e. The minimum absolute atomic E-state index is 0.383. The zero-order valence-corrected chi connectivity index (χ0v) is 10.4. The Morgan fingerprint density at radius 2 is 2.25 bits per heavy atom. The SMILES string of the molecule is CCCNC1COc2ccc(C(C)C)cc21. The highest BCUT2D eigenvalue weighted by Crippen LogP contribution is 2.34. The van der Waals surface area contributed by atoms with E-state index in [4.69, 9.17) is 4.74 Å². The largest absolute Gasteiger partial charge is 0.491 e. The van der Waals surface area contributed by atoms with Gasteiger partial charge in [0.1, 0.15) is 12.4 Å². The standard InChI is InChI=1S/C14H21NO/c1-4-7-15-13-9-16-14-6-5-11(10(2)3)8-12(13)14/h5-6,8,10,13,15H,4,7,9H2,1-3H3. The summed E-state index contributed by atoms with van der Waals surface area (Å²) in [4.78, 5) is 0. The van der Waals surface area contributed by atoms with Crippen LogP contribution in [-0.2, 0) is 0 Å². The van der Waals surface area contributed by atoms with Gasteiger partial charge in [-0.3, -0.25) is 0 Å². The molecule has 1 heterocycles. The highest BCUT2D eigenvalue weighted by molar-refractivity contribution is 5.43. The van der Waals surface area contributed by atoms with E-state index in [0.717, 1.165) is 25.3 Å². The Kier molecular flexibility index (Phi) is 3.49. The molecule has 2 heteroatoms. The summed E-state index contributed by atoms with van der Waals surface area (Å²) in [7, 11) is 0. The molecule has 1 aromatic carbocycles. The van der Waals surface area contributed by atoms with Gasteiger partial charge in [-0.2, -0.15) is 0 Å². The van der Waals surface area contributed by atoms with Crippen LogP contribution in [0, 0.1) is 0 Å². The van der Waals surface area contributed by atoms with E-state index in [1.807, 2.05) is 0 Å². The van der Waals surface area contributed by atoms with E-state index in [-0.39, 0.29) is 0 Å². The summed E-state index contributed by atoms with van der Waals surface area (Å²) in [5.41, 5.74) is 2.73. The first-order valence-electron chi connectivity index (χ1n) is 6.22. The number of fused-ring (bicyclic) bond motifs is 1. The topological polar surface area (TPSA) is 21.3 Å². The Hall–Kier alpha value is -1.02. The van der Waals surface area contributed by atoms with Crippen LogP contribution < -0.4 is 10.1 Å². The number of nitrogens with one attached hydrogen (secondary N) is 1. The van der Waals surface area contributed by atoms with Gasteiger partial charge in [0.05, 0.1) is 6.04 Å². The number of rotatable bonds is 4. The zero-order chi connectivity index (χ0) is 11.5. The van der Waals surface area contributed by atoms with Crippen molar-refractivity contribution in [3.05, 3.63) is 29.3 Å². The first-order valence-corrected chi connectivity index (χ1v) is 6.22. The van der Waals surface area contributed by atoms with Crippen LogP contribution >= 0.6 is 0 Å². The molecule has 2 nitrogen and oxygen atoms in total. The van der Waals surface area contributed by atoms with Gasteiger partial charge < -0.3 is 10.1 Å². The monoisotopic (exact) mass is 219 g/mol. The summed E-state index contributed by atoms with van der Waals surface area (Å²) in [6.45, 7) is 8.47. The molecule has 0 aliphatic carbocycles. The minimum atomic E-state index is 0.383. The van der Waals surface area contributed by atoms with Crippen LogP contribution in [0.3, 0.4) is 0 Å². The normalized spacial score (nSPS) is 18.6. The number of hydrogen-bond acceptors (Lipinski definition) is 2. The molecule has 16 heavy (non-hydrogen) atoms. The third-order valence-electron chi connectivity index (χ3n) is 3.12. The Labute approximate surface area is 98.0 Å². The fraction of sp³-hybridized carbons (Fsp3) is 0.571. The van der Waals surface area contributed by atoms with Crippen LogP contribution in [0.5, 0.6) is 5.75 Å². The molecule has 0 amide bonds. The van der Waals surface area contributed by atoms with Crippen molar-refractivity contribution >= 4 is 0 Å². The lowest BCUT2D eigenvalue weighted by Gasteiger charge is -2.12. The number of ether oxygens (including phenoxy) is 1. The molecule has 1 atom stereocenters. The van der Waals surface area contributed by atoms with Crippen LogP contribution in [-0.4, -0.2) is 13.2 Å². The molecule has 0 bridgehead atoms. The number of benzene rings is 1. The summed E-state index contributed by atoms with van der Waals surface area (Å²) >= 11 is 0.